The van der Waals surface area contributed by atoms with Crippen LogP contribution in [-0.2, 0) is 35.0 Å². The first kappa shape index (κ1) is 36.7. The van der Waals surface area contributed by atoms with Crippen LogP contribution >= 0.6 is 11.8 Å². The van der Waals surface area contributed by atoms with Crippen molar-refractivity contribution in [3.63, 3.8) is 0 Å². The topological polar surface area (TPSA) is 130 Å². The lowest BCUT2D eigenvalue weighted by Gasteiger charge is -2.09. The van der Waals surface area contributed by atoms with Crippen molar-refractivity contribution in [1.82, 2.24) is 10.3 Å². The lowest BCUT2D eigenvalue weighted by atomic mass is 10.1. The van der Waals surface area contributed by atoms with E-state index in [1.54, 1.807) is 38.2 Å². The molecule has 2 aromatic carbocycles. The molecule has 0 aliphatic carbocycles. The number of pyridine rings is 1. The zero-order chi connectivity index (χ0) is 33.8. The monoisotopic (exact) mass is 674 g/mol. The maximum Gasteiger partial charge on any atom is 0.252 e. The number of rotatable bonds is 20. The molecule has 48 heavy (non-hydrogen) atoms. The second-order valence-corrected chi connectivity index (χ2v) is 11.6. The van der Waals surface area contributed by atoms with Gasteiger partial charge in [0.2, 0.25) is 5.91 Å². The summed E-state index contributed by atoms with van der Waals surface area (Å²) < 4.78 is 26.6. The minimum Gasteiger partial charge on any atom is -0.382 e. The fraction of sp³-hybridized carbons (Fsp3) is 0.389. The first-order valence-corrected chi connectivity index (χ1v) is 16.6. The van der Waals surface area contributed by atoms with E-state index < -0.39 is 0 Å². The largest absolute Gasteiger partial charge is 0.382 e. The van der Waals surface area contributed by atoms with Crippen molar-refractivity contribution in [3.8, 4) is 11.8 Å². The number of ether oxygens (including phenoxy) is 5. The number of hydrogen-bond donors (Lipinski definition) is 2. The Kier molecular flexibility index (Phi) is 16.1. The van der Waals surface area contributed by atoms with Gasteiger partial charge < -0.3 is 34.3 Å². The summed E-state index contributed by atoms with van der Waals surface area (Å²) in [5.74, 6) is 6.51. The molecule has 0 radical (unpaired) electrons. The molecule has 1 aromatic heterocycles. The van der Waals surface area contributed by atoms with E-state index in [0.717, 1.165) is 32.2 Å². The van der Waals surface area contributed by atoms with Crippen molar-refractivity contribution in [1.29, 1.82) is 0 Å². The van der Waals surface area contributed by atoms with E-state index in [1.807, 2.05) is 42.5 Å². The van der Waals surface area contributed by atoms with Gasteiger partial charge in [-0.25, -0.2) is 4.98 Å². The van der Waals surface area contributed by atoms with Crippen molar-refractivity contribution in [2.45, 2.75) is 29.2 Å². The number of fused-ring (bicyclic) bond motifs is 1. The molecule has 0 fully saturated rings. The number of aromatic nitrogens is 1. The number of carbonyl (C=O) groups excluding carboxylic acids is 2. The Morgan fingerprint density at radius 3 is 2.25 bits per heavy atom. The molecule has 3 aromatic rings. The molecule has 1 aliphatic rings. The first-order chi connectivity index (χ1) is 23.6. The van der Waals surface area contributed by atoms with E-state index in [-0.39, 0.29) is 11.8 Å². The molecule has 254 valence electrons. The zero-order valence-electron chi connectivity index (χ0n) is 27.4. The fourth-order valence-corrected chi connectivity index (χ4v) is 5.48. The molecule has 0 unspecified atom stereocenters. The SMILES string of the molecule is CNC(=O)c1ccccc1Sc1ccc2c(c1)CN=C2C#Cc1ccc(NC(=O)CCCOCCOCCOCCOCCOC)nc1. The molecule has 0 atom stereocenters. The van der Waals surface area contributed by atoms with Gasteiger partial charge in [0.25, 0.3) is 5.91 Å². The number of aliphatic imine (C=N–C) groups is 1. The number of nitrogens with one attached hydrogen (secondary N) is 2. The summed E-state index contributed by atoms with van der Waals surface area (Å²) >= 11 is 1.55. The van der Waals surface area contributed by atoms with E-state index in [9.17, 15) is 9.59 Å². The van der Waals surface area contributed by atoms with Crippen LogP contribution in [0.2, 0.25) is 0 Å². The van der Waals surface area contributed by atoms with Crippen LogP contribution < -0.4 is 10.6 Å². The Balaban J connectivity index is 1.11. The smallest absolute Gasteiger partial charge is 0.252 e. The molecular weight excluding hydrogens is 632 g/mol. The molecule has 0 saturated heterocycles. The van der Waals surface area contributed by atoms with Gasteiger partial charge in [0.05, 0.1) is 65.0 Å². The molecule has 0 spiro atoms. The Morgan fingerprint density at radius 2 is 1.56 bits per heavy atom. The van der Waals surface area contributed by atoms with Gasteiger partial charge in [0.15, 0.2) is 0 Å². The Bertz CT molecular complexity index is 1570. The number of hydrogen-bond acceptors (Lipinski definition) is 10. The summed E-state index contributed by atoms with van der Waals surface area (Å²) in [6, 6.07) is 17.3. The van der Waals surface area contributed by atoms with Gasteiger partial charge in [-0.2, -0.15) is 0 Å². The maximum absolute atomic E-state index is 12.3. The number of anilines is 1. The highest BCUT2D eigenvalue weighted by Crippen LogP contribution is 2.33. The van der Waals surface area contributed by atoms with E-state index in [1.165, 1.54) is 0 Å². The van der Waals surface area contributed by atoms with Crippen LogP contribution in [0.5, 0.6) is 0 Å². The summed E-state index contributed by atoms with van der Waals surface area (Å²) in [6.45, 7) is 5.13. The summed E-state index contributed by atoms with van der Waals surface area (Å²) in [6.07, 6.45) is 2.55. The lowest BCUT2D eigenvalue weighted by molar-refractivity contribution is -0.116. The lowest BCUT2D eigenvalue weighted by Crippen LogP contribution is -2.18. The van der Waals surface area contributed by atoms with Gasteiger partial charge in [0.1, 0.15) is 11.5 Å². The number of amides is 2. The van der Waals surface area contributed by atoms with Gasteiger partial charge in [-0.15, -0.1) is 0 Å². The maximum atomic E-state index is 12.3. The predicted octanol–water partition coefficient (Wildman–Crippen LogP) is 4.38. The highest BCUT2D eigenvalue weighted by Gasteiger charge is 2.16. The van der Waals surface area contributed by atoms with Crippen molar-refractivity contribution in [3.05, 3.63) is 83.0 Å². The van der Waals surface area contributed by atoms with Crippen molar-refractivity contribution in [2.24, 2.45) is 4.99 Å². The zero-order valence-corrected chi connectivity index (χ0v) is 28.2. The molecule has 1 aliphatic heterocycles. The Hall–Kier alpha value is -4.09. The number of carbonyl (C=O) groups is 2. The summed E-state index contributed by atoms with van der Waals surface area (Å²) in [7, 11) is 3.27. The van der Waals surface area contributed by atoms with Crippen LogP contribution in [0.4, 0.5) is 5.82 Å². The van der Waals surface area contributed by atoms with Gasteiger partial charge in [-0.3, -0.25) is 14.6 Å². The molecule has 4 rings (SSSR count). The molecule has 11 nitrogen and oxygen atoms in total. The highest BCUT2D eigenvalue weighted by atomic mass is 32.2. The van der Waals surface area contributed by atoms with Gasteiger partial charge in [0, 0.05) is 54.3 Å². The Morgan fingerprint density at radius 1 is 0.854 bits per heavy atom. The van der Waals surface area contributed by atoms with Crippen LogP contribution in [0.3, 0.4) is 0 Å². The molecule has 2 N–H and O–H groups in total. The van der Waals surface area contributed by atoms with E-state index in [4.69, 9.17) is 23.7 Å². The third kappa shape index (κ3) is 12.5. The number of benzene rings is 2. The van der Waals surface area contributed by atoms with Gasteiger partial charge in [-0.05, 0) is 54.3 Å². The Labute approximate surface area is 286 Å². The first-order valence-electron chi connectivity index (χ1n) is 15.8. The summed E-state index contributed by atoms with van der Waals surface area (Å²) in [5, 5.41) is 5.50. The molecule has 2 heterocycles. The van der Waals surface area contributed by atoms with Crippen molar-refractivity contribution < 1.29 is 33.3 Å². The van der Waals surface area contributed by atoms with Gasteiger partial charge >= 0.3 is 0 Å². The van der Waals surface area contributed by atoms with E-state index >= 15 is 0 Å². The van der Waals surface area contributed by atoms with Crippen LogP contribution in [-0.4, -0.2) is 96.1 Å². The summed E-state index contributed by atoms with van der Waals surface area (Å²) in [5.41, 5.74) is 4.18. The van der Waals surface area contributed by atoms with Crippen LogP contribution in [0.1, 0.15) is 39.9 Å². The second kappa shape index (κ2) is 21.0. The number of nitrogens with zero attached hydrogens (tertiary/aromatic N) is 2. The minimum absolute atomic E-state index is 0.112. The third-order valence-corrected chi connectivity index (χ3v) is 7.99. The standard InChI is InChI=1S/C36H42N4O7S/c1-37-36(42)31-6-3-4-7-33(31)48-29-11-12-30-28(24-29)26-38-32(30)13-9-27-10-14-34(39-25-27)40-35(41)8-5-15-44-18-19-46-22-23-47-21-20-45-17-16-43-2/h3-4,6-7,10-12,14,24-25H,5,8,15-23,26H2,1-2H3,(H,37,42)(H,39,40,41). The summed E-state index contributed by atoms with van der Waals surface area (Å²) in [4.78, 5) is 35.4. The molecule has 12 heteroatoms. The number of methoxy groups -OCH3 is 1. The quantitative estimate of drug-likeness (QED) is 0.133. The predicted molar refractivity (Wildman–Crippen MR) is 185 cm³/mol. The second-order valence-electron chi connectivity index (χ2n) is 10.4. The van der Waals surface area contributed by atoms with Gasteiger partial charge in [-0.1, -0.05) is 35.9 Å². The van der Waals surface area contributed by atoms with Crippen LogP contribution in [0, 0.1) is 11.8 Å². The average molecular weight is 675 g/mol. The fourth-order valence-electron chi connectivity index (χ4n) is 4.47. The van der Waals surface area contributed by atoms with Crippen molar-refractivity contribution in [2.75, 3.05) is 78.9 Å². The van der Waals surface area contributed by atoms with E-state index in [0.29, 0.717) is 90.2 Å². The van der Waals surface area contributed by atoms with E-state index in [2.05, 4.69) is 38.5 Å². The van der Waals surface area contributed by atoms with Crippen LogP contribution in [0.25, 0.3) is 0 Å². The molecule has 0 saturated carbocycles. The van der Waals surface area contributed by atoms with Crippen LogP contribution in [0.15, 0.2) is 75.6 Å². The minimum atomic E-state index is -0.129. The average Bonchev–Trinajstić information content (AvgIpc) is 3.51. The molecule has 2 amide bonds. The molecule has 0 bridgehead atoms. The highest BCUT2D eigenvalue weighted by molar-refractivity contribution is 7.99. The van der Waals surface area contributed by atoms with Crippen molar-refractivity contribution >= 4 is 35.1 Å². The third-order valence-electron chi connectivity index (χ3n) is 6.92. The molecular formula is C36H42N4O7S. The normalized spacial score (nSPS) is 11.8.